The van der Waals surface area contributed by atoms with Crippen LogP contribution in [0.4, 0.5) is 0 Å². The molecule has 1 aromatic carbocycles. The first-order valence-corrected chi connectivity index (χ1v) is 7.04. The maximum absolute atomic E-state index is 12.2. The second-order valence-electron chi connectivity index (χ2n) is 5.84. The maximum Gasteiger partial charge on any atom is 0.339 e. The molecule has 2 aliphatic rings. The lowest BCUT2D eigenvalue weighted by molar-refractivity contribution is -0.169. The molecule has 2 saturated carbocycles. The molecule has 4 nitrogen and oxygen atoms in total. The van der Waals surface area contributed by atoms with Gasteiger partial charge in [-0.3, -0.25) is 0 Å². The predicted molar refractivity (Wildman–Crippen MR) is 73.6 cm³/mol. The summed E-state index contributed by atoms with van der Waals surface area (Å²) in [6.45, 7) is 0. The van der Waals surface area contributed by atoms with Crippen LogP contribution in [-0.4, -0.2) is 30.9 Å². The number of aliphatic hydroxyl groups is 1. The Kier molecular flexibility index (Phi) is 3.01. The number of esters is 1. The van der Waals surface area contributed by atoms with Crippen LogP contribution in [0.3, 0.4) is 0 Å². The third-order valence-corrected chi connectivity index (χ3v) is 5.30. The Bertz CT molecular complexity index is 514. The monoisotopic (exact) mass is 276 g/mol. The van der Waals surface area contributed by atoms with Gasteiger partial charge in [-0.25, -0.2) is 4.79 Å². The number of benzene rings is 1. The molecule has 1 N–H and O–H groups in total. The topological polar surface area (TPSA) is 55.8 Å². The van der Waals surface area contributed by atoms with Crippen LogP contribution in [0.25, 0.3) is 0 Å². The first-order chi connectivity index (χ1) is 9.58. The molecule has 0 unspecified atom stereocenters. The Morgan fingerprint density at radius 1 is 1.20 bits per heavy atom. The third-order valence-electron chi connectivity index (χ3n) is 5.30. The Hall–Kier alpha value is -1.55. The van der Waals surface area contributed by atoms with Crippen LogP contribution in [-0.2, 0) is 14.9 Å². The van der Waals surface area contributed by atoms with E-state index >= 15 is 0 Å². The number of carbonyl (C=O) groups excluding carboxylic acids is 1. The number of carbonyl (C=O) groups is 1. The molecule has 2 bridgehead atoms. The van der Waals surface area contributed by atoms with Gasteiger partial charge in [0, 0.05) is 5.41 Å². The summed E-state index contributed by atoms with van der Waals surface area (Å²) in [6, 6.07) is 7.68. The summed E-state index contributed by atoms with van der Waals surface area (Å²) in [5.74, 6) is 0.296. The number of methoxy groups -OCH3 is 2. The van der Waals surface area contributed by atoms with Gasteiger partial charge in [0.2, 0.25) is 0 Å². The first kappa shape index (κ1) is 13.4. The Labute approximate surface area is 118 Å². The number of hydrogen-bond acceptors (Lipinski definition) is 4. The summed E-state index contributed by atoms with van der Waals surface area (Å²) in [7, 11) is 2.97. The zero-order chi connectivity index (χ0) is 14.4. The van der Waals surface area contributed by atoms with Crippen LogP contribution < -0.4 is 4.74 Å². The molecular weight excluding hydrogens is 256 g/mol. The van der Waals surface area contributed by atoms with Gasteiger partial charge in [0.1, 0.15) is 5.75 Å². The summed E-state index contributed by atoms with van der Waals surface area (Å²) in [5.41, 5.74) is -0.876. The molecule has 0 radical (unpaired) electrons. The highest BCUT2D eigenvalue weighted by Gasteiger charge is 2.69. The predicted octanol–water partition coefficient (Wildman–Crippen LogP) is 2.04. The van der Waals surface area contributed by atoms with Gasteiger partial charge in [-0.15, -0.1) is 0 Å². The van der Waals surface area contributed by atoms with E-state index in [0.717, 1.165) is 37.0 Å². The fourth-order valence-electron chi connectivity index (χ4n) is 4.24. The zero-order valence-electron chi connectivity index (χ0n) is 11.9. The van der Waals surface area contributed by atoms with E-state index in [1.54, 1.807) is 7.11 Å². The molecule has 108 valence electrons. The van der Waals surface area contributed by atoms with Gasteiger partial charge in [-0.2, -0.15) is 0 Å². The van der Waals surface area contributed by atoms with Crippen LogP contribution in [0.5, 0.6) is 5.75 Å². The zero-order valence-corrected chi connectivity index (χ0v) is 11.9. The van der Waals surface area contributed by atoms with Crippen molar-refractivity contribution < 1.29 is 19.4 Å². The summed E-state index contributed by atoms with van der Waals surface area (Å²) in [5, 5.41) is 11.1. The molecule has 0 spiro atoms. The van der Waals surface area contributed by atoms with Gasteiger partial charge in [0.15, 0.2) is 5.60 Å². The molecule has 4 heteroatoms. The van der Waals surface area contributed by atoms with E-state index in [2.05, 4.69) is 0 Å². The Morgan fingerprint density at radius 2 is 1.80 bits per heavy atom. The van der Waals surface area contributed by atoms with Crippen molar-refractivity contribution in [3.8, 4) is 5.75 Å². The van der Waals surface area contributed by atoms with E-state index in [0.29, 0.717) is 0 Å². The van der Waals surface area contributed by atoms with Gasteiger partial charge in [-0.1, -0.05) is 12.1 Å². The number of ether oxygens (including phenoxy) is 2. The van der Waals surface area contributed by atoms with E-state index < -0.39 is 17.0 Å². The summed E-state index contributed by atoms with van der Waals surface area (Å²) < 4.78 is 10.1. The molecule has 2 fully saturated rings. The molecule has 0 saturated heterocycles. The van der Waals surface area contributed by atoms with E-state index in [-0.39, 0.29) is 5.92 Å². The molecule has 0 heterocycles. The van der Waals surface area contributed by atoms with Crippen LogP contribution in [0.1, 0.15) is 31.2 Å². The second-order valence-corrected chi connectivity index (χ2v) is 5.84. The van der Waals surface area contributed by atoms with Gasteiger partial charge in [0.05, 0.1) is 14.2 Å². The number of hydrogen-bond donors (Lipinski definition) is 1. The number of rotatable bonds is 3. The lowest BCUT2D eigenvalue weighted by Crippen LogP contribution is -2.53. The van der Waals surface area contributed by atoms with Crippen LogP contribution in [0, 0.1) is 5.92 Å². The second kappa shape index (κ2) is 4.48. The smallest absolute Gasteiger partial charge is 0.339 e. The van der Waals surface area contributed by atoms with Crippen molar-refractivity contribution in [2.75, 3.05) is 14.2 Å². The molecule has 3 rings (SSSR count). The molecule has 0 amide bonds. The Morgan fingerprint density at radius 3 is 2.30 bits per heavy atom. The largest absolute Gasteiger partial charge is 0.497 e. The highest BCUT2D eigenvalue weighted by Crippen LogP contribution is 2.62. The van der Waals surface area contributed by atoms with Crippen molar-refractivity contribution >= 4 is 5.97 Å². The maximum atomic E-state index is 12.2. The molecule has 1 aromatic rings. The SMILES string of the molecule is COC(=O)[C@@]1(O)C2CCC1(c1ccc(OC)cc1)CC2. The van der Waals surface area contributed by atoms with Crippen molar-refractivity contribution in [1.82, 2.24) is 0 Å². The molecule has 0 aromatic heterocycles. The molecule has 2 aliphatic carbocycles. The van der Waals surface area contributed by atoms with Crippen molar-refractivity contribution in [3.05, 3.63) is 29.8 Å². The molecule has 20 heavy (non-hydrogen) atoms. The van der Waals surface area contributed by atoms with Crippen LogP contribution in [0.15, 0.2) is 24.3 Å². The molecular formula is C16H20O4. The highest BCUT2D eigenvalue weighted by atomic mass is 16.5. The Balaban J connectivity index is 2.06. The van der Waals surface area contributed by atoms with E-state index in [4.69, 9.17) is 9.47 Å². The van der Waals surface area contributed by atoms with Crippen LogP contribution >= 0.6 is 0 Å². The van der Waals surface area contributed by atoms with Crippen molar-refractivity contribution in [1.29, 1.82) is 0 Å². The first-order valence-electron chi connectivity index (χ1n) is 7.04. The lowest BCUT2D eigenvalue weighted by Gasteiger charge is -2.37. The molecule has 0 aliphatic heterocycles. The van der Waals surface area contributed by atoms with Crippen molar-refractivity contribution in [3.63, 3.8) is 0 Å². The summed E-state index contributed by atoms with van der Waals surface area (Å²) >= 11 is 0. The van der Waals surface area contributed by atoms with Crippen molar-refractivity contribution in [2.24, 2.45) is 5.92 Å². The third kappa shape index (κ3) is 1.48. The van der Waals surface area contributed by atoms with E-state index in [9.17, 15) is 9.90 Å². The minimum absolute atomic E-state index is 0.0112. The highest BCUT2D eigenvalue weighted by molar-refractivity contribution is 5.83. The van der Waals surface area contributed by atoms with E-state index in [1.807, 2.05) is 24.3 Å². The fourth-order valence-corrected chi connectivity index (χ4v) is 4.24. The van der Waals surface area contributed by atoms with E-state index in [1.165, 1.54) is 7.11 Å². The minimum Gasteiger partial charge on any atom is -0.497 e. The fraction of sp³-hybridized carbons (Fsp3) is 0.562. The quantitative estimate of drug-likeness (QED) is 0.858. The number of fused-ring (bicyclic) bond motifs is 2. The lowest BCUT2D eigenvalue weighted by atomic mass is 9.70. The van der Waals surface area contributed by atoms with Gasteiger partial charge >= 0.3 is 5.97 Å². The standard InChI is InChI=1S/C16H20O4/c1-19-13-5-3-11(4-6-13)15-9-7-12(8-10-15)16(15,18)14(17)20-2/h3-6,12,18H,7-10H2,1-2H3/t12?,15?,16-/m0/s1. The van der Waals surface area contributed by atoms with Gasteiger partial charge in [-0.05, 0) is 49.3 Å². The average molecular weight is 276 g/mol. The van der Waals surface area contributed by atoms with Crippen molar-refractivity contribution in [2.45, 2.75) is 36.7 Å². The van der Waals surface area contributed by atoms with Crippen LogP contribution in [0.2, 0.25) is 0 Å². The summed E-state index contributed by atoms with van der Waals surface area (Å²) in [6.07, 6.45) is 3.40. The molecule has 1 atom stereocenters. The normalized spacial score (nSPS) is 35.0. The minimum atomic E-state index is -1.38. The summed E-state index contributed by atoms with van der Waals surface area (Å²) in [4.78, 5) is 12.2. The van der Waals surface area contributed by atoms with Gasteiger partial charge < -0.3 is 14.6 Å². The van der Waals surface area contributed by atoms with Gasteiger partial charge in [0.25, 0.3) is 0 Å². The average Bonchev–Trinajstić information content (AvgIpc) is 2.97.